The Balaban J connectivity index is 2.66. The average Bonchev–Trinajstić information content (AvgIpc) is 2.24. The summed E-state index contributed by atoms with van der Waals surface area (Å²) in [7, 11) is 0. The Morgan fingerprint density at radius 2 is 1.94 bits per heavy atom. The van der Waals surface area contributed by atoms with Crippen LogP contribution in [-0.4, -0.2) is 11.4 Å². The first-order valence-corrected chi connectivity index (χ1v) is 6.02. The summed E-state index contributed by atoms with van der Waals surface area (Å²) in [6.07, 6.45) is 1.81. The molecular weight excluding hydrogens is 210 g/mol. The van der Waals surface area contributed by atoms with Crippen molar-refractivity contribution in [2.24, 2.45) is 10.8 Å². The molecule has 0 heterocycles. The number of nitrogens with one attached hydrogen (secondary N) is 1. The molecule has 0 unspecified atom stereocenters. The van der Waals surface area contributed by atoms with Crippen molar-refractivity contribution in [3.63, 3.8) is 0 Å². The predicted octanol–water partition coefficient (Wildman–Crippen LogP) is 2.59. The van der Waals surface area contributed by atoms with E-state index in [0.717, 1.165) is 18.7 Å². The molecule has 0 aliphatic heterocycles. The fourth-order valence-corrected chi connectivity index (χ4v) is 1.71. The van der Waals surface area contributed by atoms with Crippen molar-refractivity contribution in [2.75, 3.05) is 0 Å². The second kappa shape index (κ2) is 5.82. The number of rotatable bonds is 3. The van der Waals surface area contributed by atoms with E-state index in [2.05, 4.69) is 62.4 Å². The summed E-state index contributed by atoms with van der Waals surface area (Å²) in [4.78, 5) is 4.55. The van der Waals surface area contributed by atoms with Crippen molar-refractivity contribution in [1.82, 2.24) is 5.43 Å². The van der Waals surface area contributed by atoms with Gasteiger partial charge in [0.05, 0.1) is 5.54 Å². The van der Waals surface area contributed by atoms with E-state index < -0.39 is 0 Å². The first-order valence-electron chi connectivity index (χ1n) is 6.02. The van der Waals surface area contributed by atoms with Gasteiger partial charge in [0.25, 0.3) is 0 Å². The maximum absolute atomic E-state index is 5.50. The number of nitrogens with two attached hydrogens (primary N) is 1. The average molecular weight is 233 g/mol. The Kier molecular flexibility index (Phi) is 4.70. The normalized spacial score (nSPS) is 12.6. The highest BCUT2D eigenvalue weighted by molar-refractivity contribution is 5.82. The van der Waals surface area contributed by atoms with Crippen LogP contribution in [0.2, 0.25) is 0 Å². The molecule has 1 aromatic rings. The molecule has 0 aliphatic rings. The molecule has 0 radical (unpaired) electrons. The Hall–Kier alpha value is -1.35. The highest BCUT2D eigenvalue weighted by atomic mass is 15.3. The summed E-state index contributed by atoms with van der Waals surface area (Å²) in [5.74, 6) is 6.36. The molecule has 0 spiro atoms. The number of hydrogen-bond acceptors (Lipinski definition) is 2. The fourth-order valence-electron chi connectivity index (χ4n) is 1.71. The molecule has 3 heteroatoms. The number of aliphatic imine (C=N–C) groups is 1. The summed E-state index contributed by atoms with van der Waals surface area (Å²) in [6, 6.07) is 8.41. The maximum atomic E-state index is 5.50. The zero-order valence-electron chi connectivity index (χ0n) is 11.2. The molecule has 3 N–H and O–H groups in total. The monoisotopic (exact) mass is 233 g/mol. The van der Waals surface area contributed by atoms with Crippen LogP contribution < -0.4 is 11.3 Å². The van der Waals surface area contributed by atoms with Crippen LogP contribution in [0.3, 0.4) is 0 Å². The van der Waals surface area contributed by atoms with Gasteiger partial charge in [0.15, 0.2) is 0 Å². The van der Waals surface area contributed by atoms with E-state index in [1.54, 1.807) is 0 Å². The third-order valence-electron chi connectivity index (χ3n) is 2.53. The maximum Gasteiger partial charge on any atom is 0.111 e. The van der Waals surface area contributed by atoms with Crippen LogP contribution in [0.4, 0.5) is 0 Å². The largest absolute Gasteiger partial charge is 0.312 e. The van der Waals surface area contributed by atoms with Gasteiger partial charge in [-0.05, 0) is 45.2 Å². The third kappa shape index (κ3) is 5.00. The molecule has 0 saturated heterocycles. The minimum absolute atomic E-state index is 0.0898. The summed E-state index contributed by atoms with van der Waals surface area (Å²) in [5, 5.41) is 0. The molecule has 0 bridgehead atoms. The number of nitrogens with zero attached hydrogens (tertiary/aromatic N) is 1. The fraction of sp³-hybridized carbons (Fsp3) is 0.500. The zero-order valence-corrected chi connectivity index (χ0v) is 11.2. The van der Waals surface area contributed by atoms with Crippen LogP contribution in [0.25, 0.3) is 0 Å². The van der Waals surface area contributed by atoms with Gasteiger partial charge in [0, 0.05) is 6.42 Å². The summed E-state index contributed by atoms with van der Waals surface area (Å²) in [6.45, 7) is 8.33. The highest BCUT2D eigenvalue weighted by Crippen LogP contribution is 2.11. The van der Waals surface area contributed by atoms with E-state index in [1.807, 2.05) is 0 Å². The molecule has 1 aromatic carbocycles. The predicted molar refractivity (Wildman–Crippen MR) is 74.0 cm³/mol. The van der Waals surface area contributed by atoms with Crippen molar-refractivity contribution in [3.05, 3.63) is 35.4 Å². The third-order valence-corrected chi connectivity index (χ3v) is 2.53. The topological polar surface area (TPSA) is 50.4 Å². The summed E-state index contributed by atoms with van der Waals surface area (Å²) < 4.78 is 0. The first kappa shape index (κ1) is 13.7. The van der Waals surface area contributed by atoms with E-state index in [0.29, 0.717) is 0 Å². The van der Waals surface area contributed by atoms with Gasteiger partial charge in [0.1, 0.15) is 5.84 Å². The van der Waals surface area contributed by atoms with E-state index in [1.165, 1.54) is 11.1 Å². The van der Waals surface area contributed by atoms with Gasteiger partial charge in [-0.2, -0.15) is 0 Å². The van der Waals surface area contributed by atoms with E-state index in [4.69, 9.17) is 5.84 Å². The summed E-state index contributed by atoms with van der Waals surface area (Å²) >= 11 is 0. The molecule has 0 aromatic heterocycles. The molecular formula is C14H23N3. The van der Waals surface area contributed by atoms with Crippen LogP contribution in [0, 0.1) is 6.92 Å². The van der Waals surface area contributed by atoms with Crippen molar-refractivity contribution < 1.29 is 0 Å². The second-order valence-corrected chi connectivity index (χ2v) is 5.30. The molecule has 0 atom stereocenters. The lowest BCUT2D eigenvalue weighted by Crippen LogP contribution is -2.33. The minimum atomic E-state index is -0.0898. The molecule has 0 saturated carbocycles. The SMILES string of the molecule is Cc1ccccc1CCC(=NC(C)(C)C)NN. The lowest BCUT2D eigenvalue weighted by molar-refractivity contribution is 0.576. The van der Waals surface area contributed by atoms with Crippen molar-refractivity contribution >= 4 is 5.84 Å². The Bertz CT molecular complexity index is 389. The quantitative estimate of drug-likeness (QED) is 0.365. The number of aryl methyl sites for hydroxylation is 2. The van der Waals surface area contributed by atoms with Gasteiger partial charge in [0.2, 0.25) is 0 Å². The van der Waals surface area contributed by atoms with Gasteiger partial charge >= 0.3 is 0 Å². The van der Waals surface area contributed by atoms with Gasteiger partial charge < -0.3 is 5.43 Å². The molecule has 94 valence electrons. The zero-order chi connectivity index (χ0) is 12.9. The second-order valence-electron chi connectivity index (χ2n) is 5.30. The number of amidine groups is 1. The van der Waals surface area contributed by atoms with E-state index in [9.17, 15) is 0 Å². The molecule has 1 rings (SSSR count). The van der Waals surface area contributed by atoms with Crippen LogP contribution in [0.5, 0.6) is 0 Å². The lowest BCUT2D eigenvalue weighted by Gasteiger charge is -2.16. The van der Waals surface area contributed by atoms with E-state index >= 15 is 0 Å². The van der Waals surface area contributed by atoms with Crippen LogP contribution in [0.1, 0.15) is 38.3 Å². The summed E-state index contributed by atoms with van der Waals surface area (Å²) in [5.41, 5.74) is 5.28. The highest BCUT2D eigenvalue weighted by Gasteiger charge is 2.09. The molecule has 0 aliphatic carbocycles. The van der Waals surface area contributed by atoms with Crippen LogP contribution >= 0.6 is 0 Å². The van der Waals surface area contributed by atoms with Gasteiger partial charge in [-0.3, -0.25) is 4.99 Å². The van der Waals surface area contributed by atoms with Crippen molar-refractivity contribution in [3.8, 4) is 0 Å². The van der Waals surface area contributed by atoms with Crippen LogP contribution in [-0.2, 0) is 6.42 Å². The smallest absolute Gasteiger partial charge is 0.111 e. The number of benzene rings is 1. The Morgan fingerprint density at radius 1 is 1.29 bits per heavy atom. The van der Waals surface area contributed by atoms with Gasteiger partial charge in [-0.15, -0.1) is 0 Å². The lowest BCUT2D eigenvalue weighted by atomic mass is 10.0. The van der Waals surface area contributed by atoms with Gasteiger partial charge in [-0.25, -0.2) is 5.84 Å². The number of hydrogen-bond donors (Lipinski definition) is 2. The molecule has 3 nitrogen and oxygen atoms in total. The van der Waals surface area contributed by atoms with Crippen molar-refractivity contribution in [2.45, 2.75) is 46.1 Å². The van der Waals surface area contributed by atoms with E-state index in [-0.39, 0.29) is 5.54 Å². The standard InChI is InChI=1S/C14H23N3/c1-11-7-5-6-8-12(11)9-10-13(17-15)16-14(2,3)4/h5-8H,9-10,15H2,1-4H3,(H,16,17). The molecule has 0 amide bonds. The minimum Gasteiger partial charge on any atom is -0.312 e. The van der Waals surface area contributed by atoms with Crippen LogP contribution in [0.15, 0.2) is 29.3 Å². The number of hydrazine groups is 1. The Morgan fingerprint density at radius 3 is 2.47 bits per heavy atom. The molecule has 17 heavy (non-hydrogen) atoms. The van der Waals surface area contributed by atoms with Crippen molar-refractivity contribution in [1.29, 1.82) is 0 Å². The first-order chi connectivity index (χ1) is 7.92. The molecule has 0 fully saturated rings. The van der Waals surface area contributed by atoms with Gasteiger partial charge in [-0.1, -0.05) is 24.3 Å². The Labute approximate surface area is 104 Å².